The number of halogens is 1. The molecule has 0 bridgehead atoms. The van der Waals surface area contributed by atoms with E-state index in [9.17, 15) is 14.0 Å². The molecule has 3 N–H and O–H groups in total. The molecule has 0 aliphatic carbocycles. The number of aromatic amines is 1. The van der Waals surface area contributed by atoms with Crippen LogP contribution in [0.25, 0.3) is 10.9 Å². The second kappa shape index (κ2) is 7.61. The van der Waals surface area contributed by atoms with Crippen LogP contribution in [0.5, 0.6) is 0 Å². The molecule has 128 valence electrons. The average molecular weight is 339 g/mol. The molecule has 3 aromatic rings. The van der Waals surface area contributed by atoms with Gasteiger partial charge in [-0.2, -0.15) is 0 Å². The van der Waals surface area contributed by atoms with Gasteiger partial charge in [0, 0.05) is 23.5 Å². The number of hydrogen-bond donors (Lipinski definition) is 3. The summed E-state index contributed by atoms with van der Waals surface area (Å²) in [5, 5.41) is 1.15. The molecular weight excluding hydrogens is 321 g/mol. The molecule has 0 aliphatic heterocycles. The van der Waals surface area contributed by atoms with Gasteiger partial charge >= 0.3 is 0 Å². The highest BCUT2D eigenvalue weighted by Gasteiger charge is 2.11. The minimum absolute atomic E-state index is 0.110. The summed E-state index contributed by atoms with van der Waals surface area (Å²) < 4.78 is 13.5. The van der Waals surface area contributed by atoms with Gasteiger partial charge in [-0.25, -0.2) is 4.39 Å². The molecular formula is C19H18FN3O2. The Labute approximate surface area is 144 Å². The topological polar surface area (TPSA) is 74.0 Å². The van der Waals surface area contributed by atoms with E-state index in [2.05, 4.69) is 15.8 Å². The Morgan fingerprint density at radius 1 is 1.00 bits per heavy atom. The summed E-state index contributed by atoms with van der Waals surface area (Å²) in [5.41, 5.74) is 6.65. The lowest BCUT2D eigenvalue weighted by Gasteiger charge is -2.08. The fourth-order valence-electron chi connectivity index (χ4n) is 2.68. The first kappa shape index (κ1) is 16.7. The third-order valence-electron chi connectivity index (χ3n) is 3.96. The van der Waals surface area contributed by atoms with E-state index in [0.717, 1.165) is 22.9 Å². The molecule has 0 radical (unpaired) electrons. The lowest BCUT2D eigenvalue weighted by Crippen LogP contribution is -2.41. The van der Waals surface area contributed by atoms with Crippen molar-refractivity contribution >= 4 is 22.7 Å². The number of aryl methyl sites for hydroxylation is 1. The Balaban J connectivity index is 1.45. The fourth-order valence-corrected chi connectivity index (χ4v) is 2.68. The lowest BCUT2D eigenvalue weighted by atomic mass is 10.1. The quantitative estimate of drug-likeness (QED) is 0.625. The maximum Gasteiger partial charge on any atom is 0.272 e. The van der Waals surface area contributed by atoms with Gasteiger partial charge in [-0.1, -0.05) is 30.3 Å². The maximum absolute atomic E-state index is 13.5. The number of para-hydroxylation sites is 1. The lowest BCUT2D eigenvalue weighted by molar-refractivity contribution is -0.121. The van der Waals surface area contributed by atoms with Gasteiger partial charge in [0.15, 0.2) is 0 Å². The number of carbonyl (C=O) groups is 2. The first-order chi connectivity index (χ1) is 12.1. The van der Waals surface area contributed by atoms with Crippen LogP contribution >= 0.6 is 0 Å². The molecule has 0 atom stereocenters. The molecule has 6 heteroatoms. The number of benzene rings is 2. The van der Waals surface area contributed by atoms with Crippen LogP contribution in [0.1, 0.15) is 28.8 Å². The van der Waals surface area contributed by atoms with E-state index in [0.29, 0.717) is 6.42 Å². The first-order valence-corrected chi connectivity index (χ1v) is 8.04. The van der Waals surface area contributed by atoms with Gasteiger partial charge in [-0.15, -0.1) is 0 Å². The van der Waals surface area contributed by atoms with Crippen molar-refractivity contribution in [2.45, 2.75) is 19.3 Å². The zero-order valence-corrected chi connectivity index (χ0v) is 13.5. The molecule has 5 nitrogen and oxygen atoms in total. The van der Waals surface area contributed by atoms with Crippen molar-refractivity contribution in [2.75, 3.05) is 0 Å². The van der Waals surface area contributed by atoms with Crippen molar-refractivity contribution in [1.82, 2.24) is 15.8 Å². The molecule has 3 rings (SSSR count). The average Bonchev–Trinajstić information content (AvgIpc) is 3.03. The van der Waals surface area contributed by atoms with E-state index in [-0.39, 0.29) is 17.9 Å². The SMILES string of the molecule is O=C(CCCc1c[nH]c2ccccc12)NNC(=O)c1ccccc1F. The number of fused-ring (bicyclic) bond motifs is 1. The molecule has 2 amide bonds. The van der Waals surface area contributed by atoms with Crippen LogP contribution in [0, 0.1) is 5.82 Å². The zero-order chi connectivity index (χ0) is 17.6. The maximum atomic E-state index is 13.5. The van der Waals surface area contributed by atoms with E-state index < -0.39 is 11.7 Å². The summed E-state index contributed by atoms with van der Waals surface area (Å²) in [6.45, 7) is 0. The van der Waals surface area contributed by atoms with Crippen LogP contribution < -0.4 is 10.9 Å². The van der Waals surface area contributed by atoms with E-state index in [1.807, 2.05) is 30.5 Å². The van der Waals surface area contributed by atoms with Gasteiger partial charge < -0.3 is 4.98 Å². The zero-order valence-electron chi connectivity index (χ0n) is 13.5. The molecule has 0 fully saturated rings. The predicted octanol–water partition coefficient (Wildman–Crippen LogP) is 3.09. The predicted molar refractivity (Wildman–Crippen MR) is 93.2 cm³/mol. The number of H-pyrrole nitrogens is 1. The van der Waals surface area contributed by atoms with Gasteiger partial charge in [-0.05, 0) is 36.6 Å². The van der Waals surface area contributed by atoms with Crippen LogP contribution in [0.4, 0.5) is 4.39 Å². The Kier molecular flexibility index (Phi) is 5.09. The van der Waals surface area contributed by atoms with E-state index in [1.165, 1.54) is 18.2 Å². The molecule has 0 saturated heterocycles. The molecule has 0 aliphatic rings. The summed E-state index contributed by atoms with van der Waals surface area (Å²) in [6, 6.07) is 13.6. The van der Waals surface area contributed by atoms with E-state index in [1.54, 1.807) is 6.07 Å². The number of carbonyl (C=O) groups excluding carboxylic acids is 2. The van der Waals surface area contributed by atoms with Crippen LogP contribution in [0.15, 0.2) is 54.7 Å². The summed E-state index contributed by atoms with van der Waals surface area (Å²) in [4.78, 5) is 26.8. The molecule has 1 aromatic heterocycles. The van der Waals surface area contributed by atoms with Gasteiger partial charge in [0.2, 0.25) is 5.91 Å². The third-order valence-corrected chi connectivity index (χ3v) is 3.96. The van der Waals surface area contributed by atoms with Crippen molar-refractivity contribution < 1.29 is 14.0 Å². The summed E-state index contributed by atoms with van der Waals surface area (Å²) >= 11 is 0. The summed E-state index contributed by atoms with van der Waals surface area (Å²) in [6.07, 6.45) is 3.60. The molecule has 2 aromatic carbocycles. The minimum Gasteiger partial charge on any atom is -0.361 e. The molecule has 0 spiro atoms. The standard InChI is InChI=1S/C19H18FN3O2/c20-16-9-3-1-8-15(16)19(25)23-22-18(24)11-5-6-13-12-21-17-10-4-2-7-14(13)17/h1-4,7-10,12,21H,5-6,11H2,(H,22,24)(H,23,25). The Bertz CT molecular complexity index is 904. The number of aromatic nitrogens is 1. The van der Waals surface area contributed by atoms with Gasteiger partial charge in [0.1, 0.15) is 5.82 Å². The van der Waals surface area contributed by atoms with Gasteiger partial charge in [0.25, 0.3) is 5.91 Å². The highest BCUT2D eigenvalue weighted by molar-refractivity contribution is 5.95. The van der Waals surface area contributed by atoms with Crippen LogP contribution in [0.2, 0.25) is 0 Å². The Morgan fingerprint density at radius 3 is 2.60 bits per heavy atom. The molecule has 25 heavy (non-hydrogen) atoms. The third kappa shape index (κ3) is 4.03. The van der Waals surface area contributed by atoms with Crippen LogP contribution in [-0.4, -0.2) is 16.8 Å². The van der Waals surface area contributed by atoms with Crippen molar-refractivity contribution in [1.29, 1.82) is 0 Å². The Hall–Kier alpha value is -3.15. The van der Waals surface area contributed by atoms with E-state index in [4.69, 9.17) is 0 Å². The van der Waals surface area contributed by atoms with Crippen LogP contribution in [0.3, 0.4) is 0 Å². The number of amides is 2. The van der Waals surface area contributed by atoms with Crippen molar-refractivity contribution in [3.8, 4) is 0 Å². The Morgan fingerprint density at radius 2 is 1.76 bits per heavy atom. The number of hydrazine groups is 1. The monoisotopic (exact) mass is 339 g/mol. The van der Waals surface area contributed by atoms with E-state index >= 15 is 0 Å². The van der Waals surface area contributed by atoms with Crippen LogP contribution in [-0.2, 0) is 11.2 Å². The van der Waals surface area contributed by atoms with Crippen molar-refractivity contribution in [3.05, 3.63) is 71.7 Å². The highest BCUT2D eigenvalue weighted by atomic mass is 19.1. The fraction of sp³-hybridized carbons (Fsp3) is 0.158. The number of hydrogen-bond acceptors (Lipinski definition) is 2. The van der Waals surface area contributed by atoms with Crippen molar-refractivity contribution in [3.63, 3.8) is 0 Å². The van der Waals surface area contributed by atoms with Gasteiger partial charge in [-0.3, -0.25) is 20.4 Å². The smallest absolute Gasteiger partial charge is 0.272 e. The summed E-state index contributed by atoms with van der Waals surface area (Å²) in [7, 11) is 0. The largest absolute Gasteiger partial charge is 0.361 e. The molecule has 1 heterocycles. The minimum atomic E-state index is -0.678. The molecule has 0 saturated carbocycles. The number of nitrogens with one attached hydrogen (secondary N) is 3. The normalized spacial score (nSPS) is 10.6. The number of rotatable bonds is 5. The second-order valence-corrected chi connectivity index (χ2v) is 5.70. The second-order valence-electron chi connectivity index (χ2n) is 5.70. The summed E-state index contributed by atoms with van der Waals surface area (Å²) in [5.74, 6) is -1.62. The first-order valence-electron chi connectivity index (χ1n) is 8.04. The van der Waals surface area contributed by atoms with Gasteiger partial charge in [0.05, 0.1) is 5.56 Å². The highest BCUT2D eigenvalue weighted by Crippen LogP contribution is 2.19. The molecule has 0 unspecified atom stereocenters. The van der Waals surface area contributed by atoms with Crippen molar-refractivity contribution in [2.24, 2.45) is 0 Å².